The van der Waals surface area contributed by atoms with Crippen molar-refractivity contribution in [3.8, 4) is 11.6 Å². The summed E-state index contributed by atoms with van der Waals surface area (Å²) in [7, 11) is 0. The number of hydrogen-bond donors (Lipinski definition) is 3. The summed E-state index contributed by atoms with van der Waals surface area (Å²) in [5.41, 5.74) is 0.682. The Bertz CT molecular complexity index is 762. The Labute approximate surface area is 163 Å². The first kappa shape index (κ1) is 20.6. The molecule has 0 saturated carbocycles. The van der Waals surface area contributed by atoms with Gasteiger partial charge in [-0.25, -0.2) is 0 Å². The third-order valence-corrected chi connectivity index (χ3v) is 4.11. The minimum Gasteiger partial charge on any atom is -0.489 e. The summed E-state index contributed by atoms with van der Waals surface area (Å²) in [6, 6.07) is 8.96. The summed E-state index contributed by atoms with van der Waals surface area (Å²) in [5, 5.41) is 20.6. The van der Waals surface area contributed by atoms with Gasteiger partial charge in [0.15, 0.2) is 0 Å². The van der Waals surface area contributed by atoms with Crippen LogP contribution in [0.3, 0.4) is 0 Å². The normalized spacial score (nSPS) is 12.7. The minimum absolute atomic E-state index is 0.143. The van der Waals surface area contributed by atoms with Crippen molar-refractivity contribution in [2.75, 3.05) is 19.8 Å². The van der Waals surface area contributed by atoms with Crippen LogP contribution in [0.15, 0.2) is 30.3 Å². The molecule has 0 aliphatic heterocycles. The van der Waals surface area contributed by atoms with E-state index < -0.39 is 6.10 Å². The molecule has 26 heavy (non-hydrogen) atoms. The van der Waals surface area contributed by atoms with Crippen molar-refractivity contribution in [2.45, 2.75) is 32.4 Å². The van der Waals surface area contributed by atoms with Gasteiger partial charge >= 0.3 is 0 Å². The Hall–Kier alpha value is -1.67. The van der Waals surface area contributed by atoms with Crippen LogP contribution in [0.2, 0.25) is 5.02 Å². The van der Waals surface area contributed by atoms with Crippen LogP contribution >= 0.6 is 23.8 Å². The zero-order valence-electron chi connectivity index (χ0n) is 15.1. The topological polar surface area (TPSA) is 79.4 Å². The number of hydrogen-bond acceptors (Lipinski definition) is 6. The molecule has 1 heterocycles. The highest BCUT2D eigenvalue weighted by atomic mass is 35.5. The molecule has 0 radical (unpaired) electrons. The molecule has 0 bridgehead atoms. The van der Waals surface area contributed by atoms with Crippen LogP contribution in [0.25, 0.3) is 0 Å². The number of ether oxygens (including phenoxy) is 2. The second-order valence-electron chi connectivity index (χ2n) is 6.71. The van der Waals surface area contributed by atoms with E-state index in [0.29, 0.717) is 34.4 Å². The lowest BCUT2D eigenvalue weighted by atomic mass is 10.1. The van der Waals surface area contributed by atoms with Crippen molar-refractivity contribution in [2.24, 2.45) is 0 Å². The van der Waals surface area contributed by atoms with Gasteiger partial charge < -0.3 is 19.9 Å². The number of rotatable bonds is 9. The van der Waals surface area contributed by atoms with E-state index in [1.54, 1.807) is 18.2 Å². The van der Waals surface area contributed by atoms with E-state index in [4.69, 9.17) is 33.3 Å². The number of aliphatic hydroxyl groups excluding tert-OH is 1. The molecule has 1 aromatic carbocycles. The van der Waals surface area contributed by atoms with Gasteiger partial charge in [0.25, 0.3) is 0 Å². The van der Waals surface area contributed by atoms with Crippen molar-refractivity contribution in [1.29, 1.82) is 0 Å². The Balaban J connectivity index is 1.76. The lowest BCUT2D eigenvalue weighted by Gasteiger charge is -2.27. The molecule has 8 heteroatoms. The van der Waals surface area contributed by atoms with E-state index in [-0.39, 0.29) is 12.1 Å². The maximum atomic E-state index is 10.1. The molecule has 0 aliphatic carbocycles. The standard InChI is InChI=1S/C18H24ClN3O3S/c1-12-4-5-14(19)15(8-12)24-10-13(23)9-20-18(2,3)11-25-16-6-7-17(26)22-21-16/h4-8,13,20,23H,9-11H2,1-3H3,(H,22,26). The number of nitrogens with zero attached hydrogens (tertiary/aromatic N) is 1. The smallest absolute Gasteiger partial charge is 0.231 e. The first-order valence-electron chi connectivity index (χ1n) is 8.26. The van der Waals surface area contributed by atoms with Crippen LogP contribution in [0.1, 0.15) is 19.4 Å². The van der Waals surface area contributed by atoms with Crippen LogP contribution < -0.4 is 14.8 Å². The summed E-state index contributed by atoms with van der Waals surface area (Å²) >= 11 is 11.0. The van der Waals surface area contributed by atoms with Gasteiger partial charge in [-0.3, -0.25) is 5.10 Å². The van der Waals surface area contributed by atoms with Gasteiger partial charge in [0, 0.05) is 18.2 Å². The van der Waals surface area contributed by atoms with E-state index in [1.807, 2.05) is 32.9 Å². The first-order valence-corrected chi connectivity index (χ1v) is 9.04. The third-order valence-electron chi connectivity index (χ3n) is 3.57. The maximum Gasteiger partial charge on any atom is 0.231 e. The van der Waals surface area contributed by atoms with Crippen molar-refractivity contribution >= 4 is 23.8 Å². The number of aromatic nitrogens is 2. The van der Waals surface area contributed by atoms with Crippen molar-refractivity contribution in [1.82, 2.24) is 15.5 Å². The zero-order chi connectivity index (χ0) is 19.2. The highest BCUT2D eigenvalue weighted by Crippen LogP contribution is 2.25. The Morgan fingerprint density at radius 3 is 2.77 bits per heavy atom. The van der Waals surface area contributed by atoms with E-state index in [0.717, 1.165) is 5.56 Å². The molecule has 0 amide bonds. The van der Waals surface area contributed by atoms with Gasteiger partial charge in [0.1, 0.15) is 29.7 Å². The fourth-order valence-electron chi connectivity index (χ4n) is 2.08. The Morgan fingerprint density at radius 2 is 2.08 bits per heavy atom. The van der Waals surface area contributed by atoms with Crippen molar-refractivity contribution in [3.63, 3.8) is 0 Å². The molecule has 0 spiro atoms. The zero-order valence-corrected chi connectivity index (χ0v) is 16.7. The second kappa shape index (κ2) is 9.32. The Morgan fingerprint density at radius 1 is 1.31 bits per heavy atom. The molecule has 6 nitrogen and oxygen atoms in total. The third kappa shape index (κ3) is 6.92. The molecule has 0 saturated heterocycles. The van der Waals surface area contributed by atoms with Gasteiger partial charge in [-0.05, 0) is 44.5 Å². The van der Waals surface area contributed by atoms with E-state index >= 15 is 0 Å². The SMILES string of the molecule is Cc1ccc(Cl)c(OCC(O)CNC(C)(C)COc2ccc(=S)[nH]n2)c1. The molecule has 2 rings (SSSR count). The van der Waals surface area contributed by atoms with Crippen LogP contribution in [-0.4, -0.2) is 46.7 Å². The number of H-pyrrole nitrogens is 1. The van der Waals surface area contributed by atoms with Crippen LogP contribution in [0.5, 0.6) is 11.6 Å². The molecule has 1 unspecified atom stereocenters. The van der Waals surface area contributed by atoms with Gasteiger partial charge in [0.05, 0.1) is 5.02 Å². The largest absolute Gasteiger partial charge is 0.489 e. The average molecular weight is 398 g/mol. The quantitative estimate of drug-likeness (QED) is 0.563. The minimum atomic E-state index is -0.684. The van der Waals surface area contributed by atoms with E-state index in [2.05, 4.69) is 15.5 Å². The summed E-state index contributed by atoms with van der Waals surface area (Å²) in [5.74, 6) is 1.03. The van der Waals surface area contributed by atoms with Crippen LogP contribution in [-0.2, 0) is 0 Å². The fraction of sp³-hybridized carbons (Fsp3) is 0.444. The number of β-amino-alcohol motifs (C(OH)–C–C–N with tert-alkyl or cyclic N) is 1. The van der Waals surface area contributed by atoms with Crippen LogP contribution in [0, 0.1) is 11.6 Å². The second-order valence-corrected chi connectivity index (χ2v) is 7.56. The Kier molecular flexibility index (Phi) is 7.40. The van der Waals surface area contributed by atoms with Crippen LogP contribution in [0.4, 0.5) is 0 Å². The number of halogens is 1. The molecule has 0 aliphatic rings. The summed E-state index contributed by atoms with van der Waals surface area (Å²) in [6.45, 7) is 6.78. The monoisotopic (exact) mass is 397 g/mol. The maximum absolute atomic E-state index is 10.1. The molecular formula is C18H24ClN3O3S. The van der Waals surface area contributed by atoms with E-state index in [1.165, 1.54) is 0 Å². The number of aromatic amines is 1. The molecule has 2 aromatic rings. The lowest BCUT2D eigenvalue weighted by molar-refractivity contribution is 0.0923. The molecular weight excluding hydrogens is 374 g/mol. The van der Waals surface area contributed by atoms with Gasteiger partial charge in [-0.15, -0.1) is 5.10 Å². The molecule has 1 atom stereocenters. The predicted octanol–water partition coefficient (Wildman–Crippen LogP) is 3.29. The van der Waals surface area contributed by atoms with Crippen molar-refractivity contribution in [3.05, 3.63) is 45.6 Å². The first-order chi connectivity index (χ1) is 12.2. The summed E-state index contributed by atoms with van der Waals surface area (Å²) in [4.78, 5) is 0. The van der Waals surface area contributed by atoms with Gasteiger partial charge in [-0.2, -0.15) is 0 Å². The van der Waals surface area contributed by atoms with Gasteiger partial charge in [-0.1, -0.05) is 29.9 Å². The number of aliphatic hydroxyl groups is 1. The fourth-order valence-corrected chi connectivity index (χ4v) is 2.36. The summed E-state index contributed by atoms with van der Waals surface area (Å²) < 4.78 is 11.8. The lowest BCUT2D eigenvalue weighted by Crippen LogP contribution is -2.48. The predicted molar refractivity (Wildman–Crippen MR) is 105 cm³/mol. The average Bonchev–Trinajstić information content (AvgIpc) is 2.60. The molecule has 3 N–H and O–H groups in total. The highest BCUT2D eigenvalue weighted by Gasteiger charge is 2.20. The number of aryl methyl sites for hydroxylation is 1. The number of nitrogens with one attached hydrogen (secondary N) is 2. The molecule has 1 aromatic heterocycles. The molecule has 0 fully saturated rings. The van der Waals surface area contributed by atoms with Gasteiger partial charge in [0.2, 0.25) is 5.88 Å². The van der Waals surface area contributed by atoms with Crippen molar-refractivity contribution < 1.29 is 14.6 Å². The summed E-state index contributed by atoms with van der Waals surface area (Å²) in [6.07, 6.45) is -0.684. The highest BCUT2D eigenvalue weighted by molar-refractivity contribution is 7.71. The molecule has 142 valence electrons. The van der Waals surface area contributed by atoms with E-state index in [9.17, 15) is 5.11 Å². The number of benzene rings is 1.